The number of ether oxygens (including phenoxy) is 2. The van der Waals surface area contributed by atoms with E-state index in [9.17, 15) is 9.59 Å². The Morgan fingerprint density at radius 2 is 1.49 bits per heavy atom. The van der Waals surface area contributed by atoms with Gasteiger partial charge in [0.2, 0.25) is 6.79 Å². The zero-order valence-corrected chi connectivity index (χ0v) is 19.9. The van der Waals surface area contributed by atoms with Crippen LogP contribution in [-0.2, 0) is 13.6 Å². The van der Waals surface area contributed by atoms with Crippen molar-refractivity contribution in [2.24, 2.45) is 7.05 Å². The van der Waals surface area contributed by atoms with E-state index in [4.69, 9.17) is 14.5 Å². The van der Waals surface area contributed by atoms with Gasteiger partial charge in [0.25, 0.3) is 11.8 Å². The third kappa shape index (κ3) is 4.10. The average molecular weight is 476 g/mol. The van der Waals surface area contributed by atoms with Crippen LogP contribution in [0, 0.1) is 0 Å². The number of likely N-dealkylation sites (tertiary alicyclic amines) is 1. The Labute approximate surface area is 203 Å². The maximum absolute atomic E-state index is 13.0. The first-order chi connectivity index (χ1) is 17.1. The molecule has 0 aliphatic carbocycles. The molecule has 35 heavy (non-hydrogen) atoms. The minimum atomic E-state index is 0.0147. The molecular formula is C26H29N5O4. The standard InChI is InChI=1S/C26H29N5O4/c1-28-21-6-4-18(25(32)30-8-2-3-9-30)14-20(21)27-24(28)16-29-10-12-31(13-11-29)26(33)19-5-7-22-23(15-19)35-17-34-22/h4-7,14-15H,2-3,8-13,16-17H2,1H3. The molecule has 0 saturated carbocycles. The fraction of sp³-hybridized carbons (Fsp3) is 0.423. The van der Waals surface area contributed by atoms with E-state index < -0.39 is 0 Å². The number of carbonyl (C=O) groups is 2. The number of imidazole rings is 1. The third-order valence-corrected chi connectivity index (χ3v) is 7.26. The molecule has 2 saturated heterocycles. The summed E-state index contributed by atoms with van der Waals surface area (Å²) >= 11 is 0. The van der Waals surface area contributed by atoms with Crippen LogP contribution in [0.1, 0.15) is 39.4 Å². The maximum Gasteiger partial charge on any atom is 0.254 e. The Balaban J connectivity index is 1.10. The van der Waals surface area contributed by atoms with Crippen LogP contribution in [0.3, 0.4) is 0 Å². The fourth-order valence-corrected chi connectivity index (χ4v) is 5.15. The van der Waals surface area contributed by atoms with Crippen molar-refractivity contribution < 1.29 is 19.1 Å². The smallest absolute Gasteiger partial charge is 0.254 e. The van der Waals surface area contributed by atoms with Crippen molar-refractivity contribution in [3.8, 4) is 11.5 Å². The van der Waals surface area contributed by atoms with Gasteiger partial charge < -0.3 is 23.8 Å². The van der Waals surface area contributed by atoms with Gasteiger partial charge in [-0.1, -0.05) is 0 Å². The molecule has 0 spiro atoms. The van der Waals surface area contributed by atoms with Crippen molar-refractivity contribution in [1.29, 1.82) is 0 Å². The van der Waals surface area contributed by atoms with Crippen molar-refractivity contribution in [2.75, 3.05) is 46.1 Å². The third-order valence-electron chi connectivity index (χ3n) is 7.26. The minimum absolute atomic E-state index is 0.0147. The quantitative estimate of drug-likeness (QED) is 0.577. The van der Waals surface area contributed by atoms with Crippen LogP contribution in [0.25, 0.3) is 11.0 Å². The first kappa shape index (κ1) is 21.9. The van der Waals surface area contributed by atoms with Gasteiger partial charge in [-0.15, -0.1) is 0 Å². The molecule has 1 aromatic heterocycles. The Morgan fingerprint density at radius 3 is 2.26 bits per heavy atom. The van der Waals surface area contributed by atoms with Crippen LogP contribution in [0.2, 0.25) is 0 Å². The largest absolute Gasteiger partial charge is 0.454 e. The summed E-state index contributed by atoms with van der Waals surface area (Å²) in [5, 5.41) is 0. The first-order valence-corrected chi connectivity index (χ1v) is 12.2. The number of amides is 2. The van der Waals surface area contributed by atoms with Crippen molar-refractivity contribution in [1.82, 2.24) is 24.3 Å². The van der Waals surface area contributed by atoms with Gasteiger partial charge in [0.1, 0.15) is 5.82 Å². The van der Waals surface area contributed by atoms with E-state index in [-0.39, 0.29) is 18.6 Å². The number of hydrogen-bond acceptors (Lipinski definition) is 6. The molecule has 0 unspecified atom stereocenters. The first-order valence-electron chi connectivity index (χ1n) is 12.2. The topological polar surface area (TPSA) is 80.1 Å². The Morgan fingerprint density at radius 1 is 0.829 bits per heavy atom. The molecule has 2 amide bonds. The number of rotatable bonds is 4. The van der Waals surface area contributed by atoms with Crippen LogP contribution in [0.4, 0.5) is 0 Å². The summed E-state index contributed by atoms with van der Waals surface area (Å²) < 4.78 is 12.9. The molecular weight excluding hydrogens is 446 g/mol. The molecule has 2 aromatic carbocycles. The number of carbonyl (C=O) groups excluding carboxylic acids is 2. The predicted octanol–water partition coefficient (Wildman–Crippen LogP) is 2.50. The second-order valence-electron chi connectivity index (χ2n) is 9.43. The molecule has 182 valence electrons. The molecule has 3 aliphatic rings. The van der Waals surface area contributed by atoms with Crippen molar-refractivity contribution >= 4 is 22.8 Å². The highest BCUT2D eigenvalue weighted by Gasteiger charge is 2.25. The summed E-state index contributed by atoms with van der Waals surface area (Å²) in [5.41, 5.74) is 3.20. The van der Waals surface area contributed by atoms with Crippen LogP contribution >= 0.6 is 0 Å². The SMILES string of the molecule is Cn1c(CN2CCN(C(=O)c3ccc4c(c3)OCO4)CC2)nc2cc(C(=O)N3CCCC3)ccc21. The molecule has 0 atom stereocenters. The Bertz CT molecular complexity index is 1290. The Kier molecular flexibility index (Phi) is 5.56. The molecule has 9 heteroatoms. The average Bonchev–Trinajstić information content (AvgIpc) is 3.64. The molecule has 0 bridgehead atoms. The number of piperazine rings is 1. The van der Waals surface area contributed by atoms with Crippen LogP contribution in [0.15, 0.2) is 36.4 Å². The molecule has 2 fully saturated rings. The summed E-state index contributed by atoms with van der Waals surface area (Å²) in [6.45, 7) is 5.45. The van der Waals surface area contributed by atoms with E-state index in [1.54, 1.807) is 18.2 Å². The number of aryl methyl sites for hydroxylation is 1. The fourth-order valence-electron chi connectivity index (χ4n) is 5.15. The van der Waals surface area contributed by atoms with Crippen LogP contribution in [-0.4, -0.2) is 82.1 Å². The summed E-state index contributed by atoms with van der Waals surface area (Å²) in [4.78, 5) is 36.8. The van der Waals surface area contributed by atoms with Crippen LogP contribution in [0.5, 0.6) is 11.5 Å². The maximum atomic E-state index is 13.0. The van der Waals surface area contributed by atoms with Gasteiger partial charge >= 0.3 is 0 Å². The highest BCUT2D eigenvalue weighted by molar-refractivity contribution is 5.97. The van der Waals surface area contributed by atoms with Gasteiger partial charge in [-0.05, 0) is 49.2 Å². The molecule has 0 radical (unpaired) electrons. The van der Waals surface area contributed by atoms with Gasteiger partial charge in [-0.25, -0.2) is 4.98 Å². The number of aromatic nitrogens is 2. The molecule has 4 heterocycles. The lowest BCUT2D eigenvalue weighted by molar-refractivity contribution is 0.0624. The van der Waals surface area contributed by atoms with Gasteiger partial charge in [-0.3, -0.25) is 14.5 Å². The molecule has 9 nitrogen and oxygen atoms in total. The summed E-state index contributed by atoms with van der Waals surface area (Å²) in [7, 11) is 2.02. The van der Waals surface area contributed by atoms with Crippen molar-refractivity contribution in [3.05, 3.63) is 53.3 Å². The highest BCUT2D eigenvalue weighted by Crippen LogP contribution is 2.33. The summed E-state index contributed by atoms with van der Waals surface area (Å²) in [5.74, 6) is 2.38. The highest BCUT2D eigenvalue weighted by atomic mass is 16.7. The normalized spacial score (nSPS) is 18.0. The molecule has 3 aliphatic heterocycles. The predicted molar refractivity (Wildman–Crippen MR) is 130 cm³/mol. The molecule has 6 rings (SSSR count). The van der Waals surface area contributed by atoms with E-state index in [0.29, 0.717) is 42.3 Å². The van der Waals surface area contributed by atoms with Crippen LogP contribution < -0.4 is 9.47 Å². The second-order valence-corrected chi connectivity index (χ2v) is 9.43. The summed E-state index contributed by atoms with van der Waals surface area (Å²) in [6, 6.07) is 11.2. The van der Waals surface area contributed by atoms with Crippen molar-refractivity contribution in [3.63, 3.8) is 0 Å². The lowest BCUT2D eigenvalue weighted by Crippen LogP contribution is -2.48. The van der Waals surface area contributed by atoms with E-state index in [1.165, 1.54) is 0 Å². The van der Waals surface area contributed by atoms with E-state index in [2.05, 4.69) is 9.47 Å². The number of fused-ring (bicyclic) bond motifs is 2. The van der Waals surface area contributed by atoms with E-state index in [0.717, 1.165) is 55.9 Å². The van der Waals surface area contributed by atoms with E-state index >= 15 is 0 Å². The van der Waals surface area contributed by atoms with Gasteiger partial charge in [0.15, 0.2) is 11.5 Å². The monoisotopic (exact) mass is 475 g/mol. The zero-order valence-electron chi connectivity index (χ0n) is 19.9. The second kappa shape index (κ2) is 8.88. The van der Waals surface area contributed by atoms with E-state index in [1.807, 2.05) is 35.0 Å². The number of nitrogens with zero attached hydrogens (tertiary/aromatic N) is 5. The lowest BCUT2D eigenvalue weighted by atomic mass is 10.1. The summed E-state index contributed by atoms with van der Waals surface area (Å²) in [6.07, 6.45) is 2.16. The molecule has 3 aromatic rings. The lowest BCUT2D eigenvalue weighted by Gasteiger charge is -2.34. The van der Waals surface area contributed by atoms with Crippen molar-refractivity contribution in [2.45, 2.75) is 19.4 Å². The van der Waals surface area contributed by atoms with Gasteiger partial charge in [0.05, 0.1) is 17.6 Å². The minimum Gasteiger partial charge on any atom is -0.454 e. The molecule has 0 N–H and O–H groups in total. The number of hydrogen-bond donors (Lipinski definition) is 0. The Hall–Kier alpha value is -3.59. The zero-order chi connectivity index (χ0) is 23.9. The number of benzene rings is 2. The van der Waals surface area contributed by atoms with Gasteiger partial charge in [-0.2, -0.15) is 0 Å². The van der Waals surface area contributed by atoms with Gasteiger partial charge in [0, 0.05) is 57.4 Å².